The molecule has 0 aliphatic heterocycles. The number of carboxylic acid groups (broad SMARTS) is 1. The van der Waals surface area contributed by atoms with Crippen LogP contribution in [0.15, 0.2) is 18.2 Å². The lowest BCUT2D eigenvalue weighted by molar-refractivity contribution is -0.153. The van der Waals surface area contributed by atoms with Crippen LogP contribution in [0.4, 0.5) is 5.69 Å². The van der Waals surface area contributed by atoms with Crippen molar-refractivity contribution in [2.75, 3.05) is 12.4 Å². The van der Waals surface area contributed by atoms with Crippen molar-refractivity contribution in [1.82, 2.24) is 0 Å². The Hall–Kier alpha value is -1.59. The predicted octanol–water partition coefficient (Wildman–Crippen LogP) is 1.69. The maximum Gasteiger partial charge on any atom is 0.342 e. The SMILES string of the molecule is COC(C(=O)O)C(=O)Nc1ccc(C)c(Cl)c1. The summed E-state index contributed by atoms with van der Waals surface area (Å²) >= 11 is 5.87. The van der Waals surface area contributed by atoms with E-state index in [4.69, 9.17) is 16.7 Å². The van der Waals surface area contributed by atoms with Gasteiger partial charge in [-0.05, 0) is 24.6 Å². The number of benzene rings is 1. The Morgan fingerprint density at radius 2 is 2.12 bits per heavy atom. The number of aryl methyl sites for hydroxylation is 1. The van der Waals surface area contributed by atoms with Crippen LogP contribution < -0.4 is 5.32 Å². The van der Waals surface area contributed by atoms with Gasteiger partial charge in [0, 0.05) is 17.8 Å². The minimum absolute atomic E-state index is 0.425. The van der Waals surface area contributed by atoms with Crippen LogP contribution in [0, 0.1) is 6.92 Å². The molecule has 0 aliphatic carbocycles. The van der Waals surface area contributed by atoms with E-state index in [2.05, 4.69) is 10.1 Å². The summed E-state index contributed by atoms with van der Waals surface area (Å²) in [5.74, 6) is -2.09. The smallest absolute Gasteiger partial charge is 0.342 e. The van der Waals surface area contributed by atoms with Crippen molar-refractivity contribution in [3.63, 3.8) is 0 Å². The number of ether oxygens (including phenoxy) is 1. The highest BCUT2D eigenvalue weighted by Gasteiger charge is 2.25. The normalized spacial score (nSPS) is 11.9. The van der Waals surface area contributed by atoms with Crippen LogP contribution in [-0.4, -0.2) is 30.2 Å². The average molecular weight is 258 g/mol. The van der Waals surface area contributed by atoms with E-state index < -0.39 is 18.0 Å². The summed E-state index contributed by atoms with van der Waals surface area (Å²) in [4.78, 5) is 22.2. The summed E-state index contributed by atoms with van der Waals surface area (Å²) < 4.78 is 4.56. The molecular formula is C11H12ClNO4. The first-order valence-electron chi connectivity index (χ1n) is 4.78. The quantitative estimate of drug-likeness (QED) is 0.805. The van der Waals surface area contributed by atoms with E-state index >= 15 is 0 Å². The molecular weight excluding hydrogens is 246 g/mol. The number of aliphatic carboxylic acids is 1. The molecule has 1 rings (SSSR count). The fourth-order valence-corrected chi connectivity index (χ4v) is 1.38. The molecule has 0 radical (unpaired) electrons. The highest BCUT2D eigenvalue weighted by Crippen LogP contribution is 2.20. The standard InChI is InChI=1S/C11H12ClNO4/c1-6-3-4-7(5-8(6)12)13-10(14)9(17-2)11(15)16/h3-5,9H,1-2H3,(H,13,14)(H,15,16). The van der Waals surface area contributed by atoms with Gasteiger partial charge in [0.15, 0.2) is 0 Å². The van der Waals surface area contributed by atoms with E-state index in [9.17, 15) is 9.59 Å². The van der Waals surface area contributed by atoms with Gasteiger partial charge in [0.25, 0.3) is 5.91 Å². The molecule has 0 fully saturated rings. The Morgan fingerprint density at radius 3 is 2.59 bits per heavy atom. The molecule has 92 valence electrons. The molecule has 1 unspecified atom stereocenters. The van der Waals surface area contributed by atoms with Gasteiger partial charge in [-0.1, -0.05) is 17.7 Å². The summed E-state index contributed by atoms with van der Waals surface area (Å²) in [7, 11) is 1.15. The second kappa shape index (κ2) is 5.65. The van der Waals surface area contributed by atoms with Crippen LogP contribution in [0.5, 0.6) is 0 Å². The van der Waals surface area contributed by atoms with E-state index in [0.717, 1.165) is 12.7 Å². The number of carbonyl (C=O) groups is 2. The van der Waals surface area contributed by atoms with Crippen molar-refractivity contribution in [3.8, 4) is 0 Å². The summed E-state index contributed by atoms with van der Waals surface area (Å²) in [6.07, 6.45) is -1.53. The molecule has 1 amide bonds. The second-order valence-corrected chi connectivity index (χ2v) is 3.81. The largest absolute Gasteiger partial charge is 0.479 e. The predicted molar refractivity (Wildman–Crippen MR) is 63.3 cm³/mol. The molecule has 1 atom stereocenters. The van der Waals surface area contributed by atoms with Crippen molar-refractivity contribution in [2.24, 2.45) is 0 Å². The Bertz CT molecular complexity index is 447. The summed E-state index contributed by atoms with van der Waals surface area (Å²) in [6.45, 7) is 1.82. The first-order chi connectivity index (χ1) is 7.95. The van der Waals surface area contributed by atoms with Gasteiger partial charge < -0.3 is 15.2 Å². The molecule has 0 aliphatic rings. The highest BCUT2D eigenvalue weighted by atomic mass is 35.5. The zero-order valence-corrected chi connectivity index (χ0v) is 10.1. The average Bonchev–Trinajstić information content (AvgIpc) is 2.24. The topological polar surface area (TPSA) is 75.6 Å². The van der Waals surface area contributed by atoms with Crippen LogP contribution in [0.1, 0.15) is 5.56 Å². The van der Waals surface area contributed by atoms with Gasteiger partial charge in [-0.2, -0.15) is 0 Å². The summed E-state index contributed by atoms with van der Waals surface area (Å²) in [5.41, 5.74) is 1.29. The minimum atomic E-state index is -1.53. The molecule has 0 aromatic heterocycles. The molecule has 0 saturated carbocycles. The first-order valence-corrected chi connectivity index (χ1v) is 5.16. The van der Waals surface area contributed by atoms with Crippen LogP contribution in [0.3, 0.4) is 0 Å². The third-order valence-electron chi connectivity index (χ3n) is 2.14. The van der Waals surface area contributed by atoms with Gasteiger partial charge in [0.05, 0.1) is 0 Å². The number of carboxylic acids is 1. The lowest BCUT2D eigenvalue weighted by Crippen LogP contribution is -2.36. The van der Waals surface area contributed by atoms with Gasteiger partial charge in [-0.15, -0.1) is 0 Å². The van der Waals surface area contributed by atoms with Gasteiger partial charge in [-0.3, -0.25) is 4.79 Å². The number of nitrogens with one attached hydrogen (secondary N) is 1. The third-order valence-corrected chi connectivity index (χ3v) is 2.54. The fraction of sp³-hybridized carbons (Fsp3) is 0.273. The molecule has 1 aromatic carbocycles. The Kier molecular flexibility index (Phi) is 4.48. The molecule has 0 saturated heterocycles. The molecule has 0 heterocycles. The van der Waals surface area contributed by atoms with Crippen LogP contribution >= 0.6 is 11.6 Å². The molecule has 1 aromatic rings. The number of hydrogen-bond donors (Lipinski definition) is 2. The molecule has 2 N–H and O–H groups in total. The van der Waals surface area contributed by atoms with Gasteiger partial charge in [0.2, 0.25) is 6.10 Å². The number of carbonyl (C=O) groups excluding carboxylic acids is 1. The highest BCUT2D eigenvalue weighted by molar-refractivity contribution is 6.31. The summed E-state index contributed by atoms with van der Waals surface area (Å²) in [5, 5.41) is 11.6. The van der Waals surface area contributed by atoms with E-state index in [0.29, 0.717) is 10.7 Å². The van der Waals surface area contributed by atoms with Crippen LogP contribution in [0.25, 0.3) is 0 Å². The maximum atomic E-state index is 11.5. The second-order valence-electron chi connectivity index (χ2n) is 3.41. The summed E-state index contributed by atoms with van der Waals surface area (Å²) in [6, 6.07) is 4.90. The van der Waals surface area contributed by atoms with Crippen LogP contribution in [0.2, 0.25) is 5.02 Å². The van der Waals surface area contributed by atoms with Gasteiger partial charge in [-0.25, -0.2) is 4.79 Å². The van der Waals surface area contributed by atoms with E-state index in [1.807, 2.05) is 6.92 Å². The number of anilines is 1. The molecule has 0 bridgehead atoms. The maximum absolute atomic E-state index is 11.5. The Labute approximate surface area is 103 Å². The first kappa shape index (κ1) is 13.5. The number of methoxy groups -OCH3 is 1. The molecule has 6 heteroatoms. The number of halogens is 1. The third kappa shape index (κ3) is 3.44. The monoisotopic (exact) mass is 257 g/mol. The van der Waals surface area contributed by atoms with Crippen molar-refractivity contribution >= 4 is 29.2 Å². The molecule has 0 spiro atoms. The molecule has 5 nitrogen and oxygen atoms in total. The zero-order valence-electron chi connectivity index (χ0n) is 9.36. The van der Waals surface area contributed by atoms with E-state index in [-0.39, 0.29) is 0 Å². The Balaban J connectivity index is 2.80. The van der Waals surface area contributed by atoms with Crippen molar-refractivity contribution in [1.29, 1.82) is 0 Å². The minimum Gasteiger partial charge on any atom is -0.479 e. The lowest BCUT2D eigenvalue weighted by Gasteiger charge is -2.11. The zero-order chi connectivity index (χ0) is 13.0. The lowest BCUT2D eigenvalue weighted by atomic mass is 10.2. The number of rotatable bonds is 4. The van der Waals surface area contributed by atoms with Crippen molar-refractivity contribution in [3.05, 3.63) is 28.8 Å². The van der Waals surface area contributed by atoms with E-state index in [1.165, 1.54) is 0 Å². The molecule has 17 heavy (non-hydrogen) atoms. The van der Waals surface area contributed by atoms with Gasteiger partial charge in [0.1, 0.15) is 0 Å². The van der Waals surface area contributed by atoms with Crippen LogP contribution in [-0.2, 0) is 14.3 Å². The van der Waals surface area contributed by atoms with Gasteiger partial charge >= 0.3 is 5.97 Å². The Morgan fingerprint density at radius 1 is 1.47 bits per heavy atom. The number of amides is 1. The van der Waals surface area contributed by atoms with Crippen molar-refractivity contribution < 1.29 is 19.4 Å². The van der Waals surface area contributed by atoms with E-state index in [1.54, 1.807) is 18.2 Å². The fourth-order valence-electron chi connectivity index (χ4n) is 1.20. The number of hydrogen-bond acceptors (Lipinski definition) is 3. The van der Waals surface area contributed by atoms with Crippen molar-refractivity contribution in [2.45, 2.75) is 13.0 Å².